The van der Waals surface area contributed by atoms with E-state index in [4.69, 9.17) is 11.5 Å². The maximum Gasteiger partial charge on any atom is 0.00180 e. The molecule has 0 fully saturated rings. The monoisotopic (exact) mass is 164 g/mol. The molecule has 0 aliphatic heterocycles. The van der Waals surface area contributed by atoms with Crippen LogP contribution in [0.1, 0.15) is 13.8 Å². The van der Waals surface area contributed by atoms with Crippen molar-refractivity contribution in [2.45, 2.75) is 13.8 Å². The molecule has 0 aliphatic carbocycles. The first-order valence-corrected chi connectivity index (χ1v) is 3.89. The highest BCUT2D eigenvalue weighted by Gasteiger charge is 1.94. The molecule has 0 saturated carbocycles. The van der Waals surface area contributed by atoms with Gasteiger partial charge in [-0.2, -0.15) is 0 Å². The van der Waals surface area contributed by atoms with Gasteiger partial charge < -0.3 is 11.5 Å². The Labute approximate surface area is 73.9 Å². The van der Waals surface area contributed by atoms with E-state index in [0.717, 1.165) is 11.1 Å². The van der Waals surface area contributed by atoms with Crippen molar-refractivity contribution >= 4 is 0 Å². The lowest BCUT2D eigenvalue weighted by Crippen LogP contribution is -1.92. The van der Waals surface area contributed by atoms with Crippen LogP contribution in [-0.2, 0) is 0 Å². The lowest BCUT2D eigenvalue weighted by Gasteiger charge is -2.00. The molecule has 2 heteroatoms. The van der Waals surface area contributed by atoms with Gasteiger partial charge in [0.1, 0.15) is 0 Å². The van der Waals surface area contributed by atoms with E-state index in [1.807, 2.05) is 38.2 Å². The Morgan fingerprint density at radius 1 is 0.833 bits per heavy atom. The first kappa shape index (κ1) is 10.6. The van der Waals surface area contributed by atoms with Gasteiger partial charge in [0.2, 0.25) is 0 Å². The quantitative estimate of drug-likeness (QED) is 0.625. The number of hydrogen-bond donors (Lipinski definition) is 2. The molecular weight excluding hydrogens is 148 g/mol. The third-order valence-electron chi connectivity index (χ3n) is 1.38. The van der Waals surface area contributed by atoms with Crippen LogP contribution in [0, 0.1) is 0 Å². The smallest absolute Gasteiger partial charge is 0.00180 e. The molecule has 0 unspecified atom stereocenters. The molecule has 66 valence electrons. The van der Waals surface area contributed by atoms with Crippen LogP contribution >= 0.6 is 0 Å². The normalized spacial score (nSPS) is 14.8. The molecule has 0 aromatic heterocycles. The molecule has 0 amide bonds. The standard InChI is InChI=1S/C10H16N2/c1-3-5-9(7-11)10(8-12)6-4-2/h3-8H,11-12H2,1-2H3/b5-3-,6-4-,9-7+,10-8+. The summed E-state index contributed by atoms with van der Waals surface area (Å²) in [4.78, 5) is 0. The average molecular weight is 164 g/mol. The van der Waals surface area contributed by atoms with Crippen LogP contribution < -0.4 is 11.5 Å². The Kier molecular flexibility index (Phi) is 5.53. The summed E-state index contributed by atoms with van der Waals surface area (Å²) in [5.41, 5.74) is 12.7. The Morgan fingerprint density at radius 2 is 1.17 bits per heavy atom. The van der Waals surface area contributed by atoms with Gasteiger partial charge in [-0.1, -0.05) is 24.3 Å². The van der Waals surface area contributed by atoms with Gasteiger partial charge in [-0.05, 0) is 25.0 Å². The summed E-state index contributed by atoms with van der Waals surface area (Å²) in [6, 6.07) is 0. The van der Waals surface area contributed by atoms with Gasteiger partial charge >= 0.3 is 0 Å². The predicted molar refractivity (Wildman–Crippen MR) is 54.2 cm³/mol. The summed E-state index contributed by atoms with van der Waals surface area (Å²) in [7, 11) is 0. The second kappa shape index (κ2) is 6.28. The highest BCUT2D eigenvalue weighted by atomic mass is 14.5. The van der Waals surface area contributed by atoms with Crippen LogP contribution in [0.4, 0.5) is 0 Å². The van der Waals surface area contributed by atoms with Crippen molar-refractivity contribution in [2.75, 3.05) is 0 Å². The van der Waals surface area contributed by atoms with Crippen molar-refractivity contribution in [3.05, 3.63) is 47.9 Å². The maximum absolute atomic E-state index is 5.42. The van der Waals surface area contributed by atoms with Crippen LogP contribution in [-0.4, -0.2) is 0 Å². The molecule has 0 spiro atoms. The van der Waals surface area contributed by atoms with Crippen LogP contribution in [0.25, 0.3) is 0 Å². The zero-order valence-corrected chi connectivity index (χ0v) is 7.62. The summed E-state index contributed by atoms with van der Waals surface area (Å²) in [5, 5.41) is 0. The van der Waals surface area contributed by atoms with Gasteiger partial charge in [0.25, 0.3) is 0 Å². The molecule has 0 bridgehead atoms. The summed E-state index contributed by atoms with van der Waals surface area (Å²) < 4.78 is 0. The topological polar surface area (TPSA) is 52.0 Å². The van der Waals surface area contributed by atoms with Crippen LogP contribution in [0.3, 0.4) is 0 Å². The molecule has 0 rings (SSSR count). The van der Waals surface area contributed by atoms with E-state index in [1.54, 1.807) is 12.4 Å². The van der Waals surface area contributed by atoms with Crippen LogP contribution in [0.2, 0.25) is 0 Å². The predicted octanol–water partition coefficient (Wildman–Crippen LogP) is 1.82. The van der Waals surface area contributed by atoms with Crippen molar-refractivity contribution in [3.8, 4) is 0 Å². The van der Waals surface area contributed by atoms with E-state index in [0.29, 0.717) is 0 Å². The Bertz CT molecular complexity index is 206. The summed E-state index contributed by atoms with van der Waals surface area (Å²) >= 11 is 0. The molecule has 0 aliphatic rings. The number of allylic oxidation sites excluding steroid dienone is 6. The molecule has 0 heterocycles. The third kappa shape index (κ3) is 3.10. The molecule has 0 saturated heterocycles. The minimum atomic E-state index is 0.929. The SMILES string of the molecule is C\C=C/C(=C\N)C(/C=C\C)=C/N. The van der Waals surface area contributed by atoms with Crippen molar-refractivity contribution in [2.24, 2.45) is 11.5 Å². The van der Waals surface area contributed by atoms with E-state index in [-0.39, 0.29) is 0 Å². The van der Waals surface area contributed by atoms with E-state index in [2.05, 4.69) is 0 Å². The minimum absolute atomic E-state index is 0.929. The molecule has 0 atom stereocenters. The van der Waals surface area contributed by atoms with Gasteiger partial charge in [-0.15, -0.1) is 0 Å². The average Bonchev–Trinajstić information content (AvgIpc) is 2.11. The molecule has 2 nitrogen and oxygen atoms in total. The van der Waals surface area contributed by atoms with Gasteiger partial charge in [-0.25, -0.2) is 0 Å². The van der Waals surface area contributed by atoms with Crippen LogP contribution in [0.15, 0.2) is 47.9 Å². The Hall–Kier alpha value is -1.44. The van der Waals surface area contributed by atoms with Crippen molar-refractivity contribution in [3.63, 3.8) is 0 Å². The van der Waals surface area contributed by atoms with E-state index >= 15 is 0 Å². The van der Waals surface area contributed by atoms with Gasteiger partial charge in [-0.3, -0.25) is 0 Å². The van der Waals surface area contributed by atoms with E-state index in [1.165, 1.54) is 0 Å². The lowest BCUT2D eigenvalue weighted by atomic mass is 10.1. The molecule has 12 heavy (non-hydrogen) atoms. The number of hydrogen-bond acceptors (Lipinski definition) is 2. The maximum atomic E-state index is 5.42. The van der Waals surface area contributed by atoms with E-state index in [9.17, 15) is 0 Å². The zero-order valence-electron chi connectivity index (χ0n) is 7.62. The second-order valence-corrected chi connectivity index (χ2v) is 2.24. The van der Waals surface area contributed by atoms with Gasteiger partial charge in [0, 0.05) is 12.4 Å². The van der Waals surface area contributed by atoms with E-state index < -0.39 is 0 Å². The minimum Gasteiger partial charge on any atom is -0.404 e. The molecule has 4 N–H and O–H groups in total. The highest BCUT2D eigenvalue weighted by molar-refractivity contribution is 5.45. The lowest BCUT2D eigenvalue weighted by molar-refractivity contribution is 1.40. The fourth-order valence-corrected chi connectivity index (χ4v) is 0.855. The van der Waals surface area contributed by atoms with Gasteiger partial charge in [0.05, 0.1) is 0 Å². The van der Waals surface area contributed by atoms with Crippen molar-refractivity contribution in [1.29, 1.82) is 0 Å². The fraction of sp³-hybridized carbons (Fsp3) is 0.200. The summed E-state index contributed by atoms with van der Waals surface area (Å²) in [6.07, 6.45) is 10.8. The molecule has 0 aromatic carbocycles. The van der Waals surface area contributed by atoms with Gasteiger partial charge in [0.15, 0.2) is 0 Å². The third-order valence-corrected chi connectivity index (χ3v) is 1.38. The second-order valence-electron chi connectivity index (χ2n) is 2.24. The fourth-order valence-electron chi connectivity index (χ4n) is 0.855. The Balaban J connectivity index is 4.71. The zero-order chi connectivity index (χ0) is 9.40. The summed E-state index contributed by atoms with van der Waals surface area (Å²) in [5.74, 6) is 0. The Morgan fingerprint density at radius 3 is 1.33 bits per heavy atom. The first-order chi connectivity index (χ1) is 5.79. The molecular formula is C10H16N2. The number of nitrogens with two attached hydrogens (primary N) is 2. The van der Waals surface area contributed by atoms with Crippen molar-refractivity contribution < 1.29 is 0 Å². The highest BCUT2D eigenvalue weighted by Crippen LogP contribution is 2.10. The largest absolute Gasteiger partial charge is 0.404 e. The number of rotatable bonds is 3. The van der Waals surface area contributed by atoms with Crippen LogP contribution in [0.5, 0.6) is 0 Å². The van der Waals surface area contributed by atoms with Crippen molar-refractivity contribution in [1.82, 2.24) is 0 Å². The molecule has 0 aromatic rings. The summed E-state index contributed by atoms with van der Waals surface area (Å²) in [6.45, 7) is 3.88. The molecule has 0 radical (unpaired) electrons. The first-order valence-electron chi connectivity index (χ1n) is 3.89.